The number of alkyl halides is 4. The van der Waals surface area contributed by atoms with Crippen LogP contribution >= 0.6 is 27.5 Å². The lowest BCUT2D eigenvalue weighted by atomic mass is 10.1. The molecule has 0 aliphatic carbocycles. The van der Waals surface area contributed by atoms with Crippen molar-refractivity contribution < 1.29 is 17.9 Å². The van der Waals surface area contributed by atoms with Crippen molar-refractivity contribution in [2.75, 3.05) is 7.11 Å². The smallest absolute Gasteiger partial charge is 0.405 e. The molecule has 1 atom stereocenters. The van der Waals surface area contributed by atoms with E-state index in [9.17, 15) is 13.2 Å². The van der Waals surface area contributed by atoms with Crippen LogP contribution in [0.1, 0.15) is 10.4 Å². The van der Waals surface area contributed by atoms with Crippen molar-refractivity contribution in [2.45, 2.75) is 11.0 Å². The van der Waals surface area contributed by atoms with Crippen LogP contribution in [0, 0.1) is 0 Å². The molecular formula is C9H7BrClF3O. The Balaban J connectivity index is 3.02. The van der Waals surface area contributed by atoms with Crippen LogP contribution in [0.15, 0.2) is 18.2 Å². The Bertz CT molecular complexity index is 354. The average Bonchev–Trinajstić information content (AvgIpc) is 2.15. The van der Waals surface area contributed by atoms with Gasteiger partial charge in [-0.05, 0) is 17.7 Å². The highest BCUT2D eigenvalue weighted by Crippen LogP contribution is 2.41. The van der Waals surface area contributed by atoms with Crippen molar-refractivity contribution in [1.29, 1.82) is 0 Å². The third-order valence-electron chi connectivity index (χ3n) is 1.76. The van der Waals surface area contributed by atoms with E-state index in [4.69, 9.17) is 16.3 Å². The standard InChI is InChI=1S/C9H7BrClF3O/c1-15-7-3-2-5(4-6(7)11)8(10)9(12,13)14/h2-4,8H,1H3. The van der Waals surface area contributed by atoms with Gasteiger partial charge in [0.1, 0.15) is 10.6 Å². The summed E-state index contributed by atoms with van der Waals surface area (Å²) in [5.41, 5.74) is 0.0494. The first-order chi connectivity index (χ1) is 6.86. The van der Waals surface area contributed by atoms with Gasteiger partial charge in [-0.15, -0.1) is 0 Å². The minimum atomic E-state index is -4.34. The zero-order chi connectivity index (χ0) is 11.6. The van der Waals surface area contributed by atoms with E-state index in [1.54, 1.807) is 0 Å². The van der Waals surface area contributed by atoms with Gasteiger partial charge in [0, 0.05) is 0 Å². The second-order valence-corrected chi connectivity index (χ2v) is 4.12. The van der Waals surface area contributed by atoms with E-state index in [0.717, 1.165) is 0 Å². The molecule has 0 aromatic heterocycles. The van der Waals surface area contributed by atoms with Crippen LogP contribution in [-0.4, -0.2) is 13.3 Å². The molecule has 0 radical (unpaired) electrons. The SMILES string of the molecule is COc1ccc(C(Br)C(F)(F)F)cc1Cl. The third-order valence-corrected chi connectivity index (χ3v) is 3.10. The second-order valence-electron chi connectivity index (χ2n) is 2.80. The summed E-state index contributed by atoms with van der Waals surface area (Å²) >= 11 is 8.27. The first kappa shape index (κ1) is 12.6. The van der Waals surface area contributed by atoms with E-state index in [2.05, 4.69) is 15.9 Å². The number of rotatable bonds is 2. The number of hydrogen-bond donors (Lipinski definition) is 0. The molecule has 1 nitrogen and oxygen atoms in total. The zero-order valence-corrected chi connectivity index (χ0v) is 9.95. The van der Waals surface area contributed by atoms with E-state index in [-0.39, 0.29) is 10.6 Å². The quantitative estimate of drug-likeness (QED) is 0.738. The summed E-state index contributed by atoms with van der Waals surface area (Å²) in [6.45, 7) is 0. The first-order valence-corrected chi connectivity index (χ1v) is 5.20. The molecule has 1 aromatic carbocycles. The summed E-state index contributed by atoms with van der Waals surface area (Å²) in [5.74, 6) is 0.349. The lowest BCUT2D eigenvalue weighted by Crippen LogP contribution is -2.15. The Hall–Kier alpha value is -0.420. The Morgan fingerprint density at radius 3 is 2.40 bits per heavy atom. The molecule has 6 heteroatoms. The summed E-state index contributed by atoms with van der Waals surface area (Å²) in [6, 6.07) is 3.95. The largest absolute Gasteiger partial charge is 0.495 e. The van der Waals surface area contributed by atoms with Gasteiger partial charge in [0.2, 0.25) is 0 Å². The number of benzene rings is 1. The number of methoxy groups -OCH3 is 1. The van der Waals surface area contributed by atoms with Crippen molar-refractivity contribution in [3.63, 3.8) is 0 Å². The third kappa shape index (κ3) is 3.01. The molecule has 0 fully saturated rings. The molecule has 0 N–H and O–H groups in total. The summed E-state index contributed by atoms with van der Waals surface area (Å²) in [6.07, 6.45) is -4.34. The molecule has 84 valence electrons. The molecule has 1 rings (SSSR count). The molecule has 0 spiro atoms. The molecule has 0 aliphatic rings. The highest BCUT2D eigenvalue weighted by molar-refractivity contribution is 9.09. The van der Waals surface area contributed by atoms with E-state index in [1.807, 2.05) is 0 Å². The van der Waals surface area contributed by atoms with Gasteiger partial charge in [0.05, 0.1) is 12.1 Å². The molecule has 15 heavy (non-hydrogen) atoms. The van der Waals surface area contributed by atoms with Gasteiger partial charge in [-0.2, -0.15) is 13.2 Å². The molecule has 0 amide bonds. The molecule has 0 saturated carbocycles. The summed E-state index contributed by atoms with van der Waals surface area (Å²) in [4.78, 5) is -1.71. The molecule has 1 unspecified atom stereocenters. The summed E-state index contributed by atoms with van der Waals surface area (Å²) in [5, 5.41) is 0.156. The Morgan fingerprint density at radius 1 is 1.40 bits per heavy atom. The first-order valence-electron chi connectivity index (χ1n) is 3.90. The van der Waals surface area contributed by atoms with Gasteiger partial charge >= 0.3 is 6.18 Å². The van der Waals surface area contributed by atoms with Crippen LogP contribution < -0.4 is 4.74 Å². The number of hydrogen-bond acceptors (Lipinski definition) is 1. The fraction of sp³-hybridized carbons (Fsp3) is 0.333. The van der Waals surface area contributed by atoms with Gasteiger partial charge in [-0.3, -0.25) is 0 Å². The fourth-order valence-corrected chi connectivity index (χ4v) is 1.58. The predicted octanol–water partition coefficient (Wildman–Crippen LogP) is 4.35. The molecule has 0 bridgehead atoms. The van der Waals surface area contributed by atoms with Crippen LogP contribution in [0.3, 0.4) is 0 Å². The summed E-state index contributed by atoms with van der Waals surface area (Å²) in [7, 11) is 1.40. The lowest BCUT2D eigenvalue weighted by Gasteiger charge is -2.15. The molecule has 0 aliphatic heterocycles. The van der Waals surface area contributed by atoms with E-state index >= 15 is 0 Å². The minimum Gasteiger partial charge on any atom is -0.495 e. The van der Waals surface area contributed by atoms with E-state index in [0.29, 0.717) is 5.75 Å². The van der Waals surface area contributed by atoms with Gasteiger partial charge in [0.25, 0.3) is 0 Å². The molecular weight excluding hydrogens is 296 g/mol. The highest BCUT2D eigenvalue weighted by atomic mass is 79.9. The van der Waals surface area contributed by atoms with Crippen molar-refractivity contribution in [1.82, 2.24) is 0 Å². The van der Waals surface area contributed by atoms with Crippen molar-refractivity contribution >= 4 is 27.5 Å². The Kier molecular flexibility index (Phi) is 3.89. The highest BCUT2D eigenvalue weighted by Gasteiger charge is 2.38. The fourth-order valence-electron chi connectivity index (χ4n) is 1.03. The number of halogens is 5. The monoisotopic (exact) mass is 302 g/mol. The van der Waals surface area contributed by atoms with Crippen LogP contribution in [0.25, 0.3) is 0 Å². The van der Waals surface area contributed by atoms with Gasteiger partial charge in [0.15, 0.2) is 0 Å². The summed E-state index contributed by atoms with van der Waals surface area (Å²) < 4.78 is 41.8. The molecule has 1 aromatic rings. The maximum Gasteiger partial charge on any atom is 0.405 e. The Morgan fingerprint density at radius 2 is 2.00 bits per heavy atom. The lowest BCUT2D eigenvalue weighted by molar-refractivity contribution is -0.128. The zero-order valence-electron chi connectivity index (χ0n) is 7.61. The van der Waals surface area contributed by atoms with Crippen molar-refractivity contribution in [3.8, 4) is 5.75 Å². The average molecular weight is 304 g/mol. The topological polar surface area (TPSA) is 9.23 Å². The maximum absolute atomic E-state index is 12.3. The van der Waals surface area contributed by atoms with E-state index in [1.165, 1.54) is 25.3 Å². The van der Waals surface area contributed by atoms with Crippen LogP contribution in [0.4, 0.5) is 13.2 Å². The maximum atomic E-state index is 12.3. The van der Waals surface area contributed by atoms with Crippen LogP contribution in [-0.2, 0) is 0 Å². The van der Waals surface area contributed by atoms with Gasteiger partial charge in [-0.25, -0.2) is 0 Å². The minimum absolute atomic E-state index is 0.0494. The van der Waals surface area contributed by atoms with Gasteiger partial charge < -0.3 is 4.74 Å². The van der Waals surface area contributed by atoms with Crippen molar-refractivity contribution in [2.24, 2.45) is 0 Å². The van der Waals surface area contributed by atoms with Crippen LogP contribution in [0.2, 0.25) is 5.02 Å². The van der Waals surface area contributed by atoms with E-state index < -0.39 is 11.0 Å². The molecule has 0 saturated heterocycles. The number of ether oxygens (including phenoxy) is 1. The van der Waals surface area contributed by atoms with Gasteiger partial charge in [-0.1, -0.05) is 33.6 Å². The molecule has 0 heterocycles. The Labute approximate surface area is 98.3 Å². The van der Waals surface area contributed by atoms with Crippen molar-refractivity contribution in [3.05, 3.63) is 28.8 Å². The normalized spacial score (nSPS) is 13.7. The van der Waals surface area contributed by atoms with Crippen LogP contribution in [0.5, 0.6) is 5.75 Å². The second kappa shape index (κ2) is 4.61. The predicted molar refractivity (Wildman–Crippen MR) is 55.7 cm³/mol.